The van der Waals surface area contributed by atoms with Crippen molar-refractivity contribution >= 4 is 5.91 Å². The minimum Gasteiger partial charge on any atom is -0.369 e. The quantitative estimate of drug-likeness (QED) is 0.794. The Morgan fingerprint density at radius 1 is 1.44 bits per heavy atom. The fourth-order valence-electron chi connectivity index (χ4n) is 2.39. The first-order valence-corrected chi connectivity index (χ1v) is 6.57. The van der Waals surface area contributed by atoms with Gasteiger partial charge in [-0.15, -0.1) is 0 Å². The minimum atomic E-state index is -0.388. The van der Waals surface area contributed by atoms with Gasteiger partial charge in [-0.1, -0.05) is 13.3 Å². The van der Waals surface area contributed by atoms with Gasteiger partial charge in [-0.2, -0.15) is 5.10 Å². The maximum Gasteiger partial charge on any atom is 0.225 e. The molecular formula is C12H21N5O. The fourth-order valence-corrected chi connectivity index (χ4v) is 2.39. The average Bonchev–Trinajstić information content (AvgIpc) is 2.78. The highest BCUT2D eigenvalue weighted by atomic mass is 16.1. The molecule has 2 heterocycles. The molecule has 6 heteroatoms. The second-order valence-corrected chi connectivity index (χ2v) is 5.05. The van der Waals surface area contributed by atoms with E-state index in [1.807, 2.05) is 0 Å². The summed E-state index contributed by atoms with van der Waals surface area (Å²) in [6.45, 7) is 5.44. The van der Waals surface area contributed by atoms with Gasteiger partial charge < -0.3 is 10.6 Å². The van der Waals surface area contributed by atoms with Crippen molar-refractivity contribution in [2.24, 2.45) is 5.73 Å². The predicted octanol–water partition coefficient (Wildman–Crippen LogP) is 0.422. The topological polar surface area (TPSA) is 87.9 Å². The molecule has 3 N–H and O–H groups in total. The van der Waals surface area contributed by atoms with Crippen LogP contribution in [0.4, 0.5) is 0 Å². The summed E-state index contributed by atoms with van der Waals surface area (Å²) < 4.78 is 0. The van der Waals surface area contributed by atoms with Crippen molar-refractivity contribution in [2.45, 2.75) is 38.5 Å². The molecule has 1 aromatic heterocycles. The summed E-state index contributed by atoms with van der Waals surface area (Å²) >= 11 is 0. The van der Waals surface area contributed by atoms with Crippen LogP contribution in [0.15, 0.2) is 0 Å². The van der Waals surface area contributed by atoms with Gasteiger partial charge in [0.2, 0.25) is 5.91 Å². The number of hydrogen-bond acceptors (Lipinski definition) is 4. The molecule has 1 saturated heterocycles. The highest BCUT2D eigenvalue weighted by Crippen LogP contribution is 2.16. The summed E-state index contributed by atoms with van der Waals surface area (Å²) in [5, 5.41) is 6.94. The second kappa shape index (κ2) is 5.95. The maximum atomic E-state index is 10.8. The molecule has 1 aliphatic rings. The number of nitrogens with one attached hydrogen (secondary N) is 1. The molecule has 0 saturated carbocycles. The predicted molar refractivity (Wildman–Crippen MR) is 68.0 cm³/mol. The van der Waals surface area contributed by atoms with E-state index in [-0.39, 0.29) is 18.2 Å². The highest BCUT2D eigenvalue weighted by Gasteiger charge is 2.18. The Hall–Kier alpha value is -1.43. The molecule has 1 aliphatic heterocycles. The number of carbonyl (C=O) groups excluding carboxylic acids is 1. The van der Waals surface area contributed by atoms with E-state index >= 15 is 0 Å². The normalized spacial score (nSPS) is 18.7. The van der Waals surface area contributed by atoms with Gasteiger partial charge in [0.25, 0.3) is 0 Å². The number of nitrogens with zero attached hydrogens (tertiary/aromatic N) is 3. The third-order valence-electron chi connectivity index (χ3n) is 3.31. The number of nitrogens with two attached hydrogens (primary N) is 1. The Morgan fingerprint density at radius 3 is 2.83 bits per heavy atom. The number of likely N-dealkylation sites (tertiary alicyclic amines) is 1. The molecule has 1 unspecified atom stereocenters. The van der Waals surface area contributed by atoms with E-state index in [9.17, 15) is 4.79 Å². The van der Waals surface area contributed by atoms with Crippen LogP contribution in [0, 0.1) is 0 Å². The third kappa shape index (κ3) is 3.53. The largest absolute Gasteiger partial charge is 0.369 e. The van der Waals surface area contributed by atoms with Crippen LogP contribution in [0.2, 0.25) is 0 Å². The Labute approximate surface area is 107 Å². The molecule has 6 nitrogen and oxygen atoms in total. The number of amides is 1. The van der Waals surface area contributed by atoms with E-state index in [1.165, 1.54) is 32.4 Å². The fraction of sp³-hybridized carbons (Fsp3) is 0.750. The number of hydrogen-bond donors (Lipinski definition) is 2. The smallest absolute Gasteiger partial charge is 0.225 e. The van der Waals surface area contributed by atoms with Crippen LogP contribution in [0.3, 0.4) is 0 Å². The summed E-state index contributed by atoms with van der Waals surface area (Å²) in [5.74, 6) is 1.22. The molecule has 100 valence electrons. The number of primary amides is 1. The summed E-state index contributed by atoms with van der Waals surface area (Å²) in [5.41, 5.74) is 5.12. The van der Waals surface area contributed by atoms with Gasteiger partial charge in [-0.05, 0) is 25.9 Å². The van der Waals surface area contributed by atoms with Crippen LogP contribution in [0.1, 0.15) is 43.8 Å². The van der Waals surface area contributed by atoms with Crippen molar-refractivity contribution in [3.05, 3.63) is 11.6 Å². The molecule has 1 amide bonds. The average molecular weight is 251 g/mol. The zero-order valence-corrected chi connectivity index (χ0v) is 10.9. The number of aromatic nitrogens is 3. The van der Waals surface area contributed by atoms with Gasteiger partial charge in [0.05, 0.1) is 6.42 Å². The lowest BCUT2D eigenvalue weighted by Crippen LogP contribution is -2.33. The van der Waals surface area contributed by atoms with Gasteiger partial charge >= 0.3 is 0 Å². The number of piperidine rings is 1. The molecule has 1 aromatic rings. The molecule has 18 heavy (non-hydrogen) atoms. The van der Waals surface area contributed by atoms with Gasteiger partial charge in [-0.25, -0.2) is 4.98 Å². The Balaban J connectivity index is 1.89. The monoisotopic (exact) mass is 251 g/mol. The number of carbonyl (C=O) groups is 1. The number of rotatable bonds is 5. The molecule has 1 fully saturated rings. The first-order valence-electron chi connectivity index (χ1n) is 6.57. The lowest BCUT2D eigenvalue weighted by Gasteiger charge is -2.28. The van der Waals surface area contributed by atoms with E-state index in [4.69, 9.17) is 5.73 Å². The van der Waals surface area contributed by atoms with Crippen LogP contribution < -0.4 is 5.73 Å². The van der Waals surface area contributed by atoms with Crippen LogP contribution >= 0.6 is 0 Å². The molecule has 0 bridgehead atoms. The molecular weight excluding hydrogens is 230 g/mol. The molecule has 0 aliphatic carbocycles. The Bertz CT molecular complexity index is 397. The highest BCUT2D eigenvalue weighted by molar-refractivity contribution is 5.75. The van der Waals surface area contributed by atoms with Crippen molar-refractivity contribution in [1.29, 1.82) is 0 Å². The van der Waals surface area contributed by atoms with Crippen molar-refractivity contribution in [1.82, 2.24) is 20.1 Å². The minimum absolute atomic E-state index is 0.128. The molecule has 1 atom stereocenters. The van der Waals surface area contributed by atoms with E-state index in [0.717, 1.165) is 12.4 Å². The van der Waals surface area contributed by atoms with Crippen molar-refractivity contribution in [3.8, 4) is 0 Å². The summed E-state index contributed by atoms with van der Waals surface area (Å²) in [7, 11) is 0. The van der Waals surface area contributed by atoms with Crippen LogP contribution in [0.25, 0.3) is 0 Å². The van der Waals surface area contributed by atoms with Crippen molar-refractivity contribution < 1.29 is 4.79 Å². The van der Waals surface area contributed by atoms with Crippen molar-refractivity contribution in [2.75, 3.05) is 19.6 Å². The summed E-state index contributed by atoms with van der Waals surface area (Å²) in [6.07, 6.45) is 4.04. The molecule has 0 aromatic carbocycles. The van der Waals surface area contributed by atoms with Gasteiger partial charge in [-0.3, -0.25) is 9.89 Å². The maximum absolute atomic E-state index is 10.8. The summed E-state index contributed by atoms with van der Waals surface area (Å²) in [4.78, 5) is 17.6. The standard InChI is InChI=1S/C12H21N5O/c1-9(8-17-5-3-2-4-6-17)12-14-11(15-16-12)7-10(13)18/h9H,2-8H2,1H3,(H2,13,18)(H,14,15,16). The van der Waals surface area contributed by atoms with Crippen LogP contribution in [-0.2, 0) is 11.2 Å². The van der Waals surface area contributed by atoms with E-state index in [2.05, 4.69) is 27.0 Å². The molecule has 0 radical (unpaired) electrons. The van der Waals surface area contributed by atoms with Gasteiger partial charge in [0.15, 0.2) is 5.82 Å². The van der Waals surface area contributed by atoms with E-state index in [0.29, 0.717) is 5.82 Å². The number of H-pyrrole nitrogens is 1. The van der Waals surface area contributed by atoms with Crippen LogP contribution in [-0.4, -0.2) is 45.6 Å². The van der Waals surface area contributed by atoms with Gasteiger partial charge in [0.1, 0.15) is 5.82 Å². The zero-order chi connectivity index (χ0) is 13.0. The van der Waals surface area contributed by atoms with Gasteiger partial charge in [0, 0.05) is 12.5 Å². The van der Waals surface area contributed by atoms with Crippen LogP contribution in [0.5, 0.6) is 0 Å². The summed E-state index contributed by atoms with van der Waals surface area (Å²) in [6, 6.07) is 0. The molecule has 2 rings (SSSR count). The Kier molecular flexibility index (Phi) is 4.30. The van der Waals surface area contributed by atoms with E-state index < -0.39 is 0 Å². The third-order valence-corrected chi connectivity index (χ3v) is 3.31. The SMILES string of the molecule is CC(CN1CCCCC1)c1n[nH]c(CC(N)=O)n1. The Morgan fingerprint density at radius 2 is 2.17 bits per heavy atom. The van der Waals surface area contributed by atoms with E-state index in [1.54, 1.807) is 0 Å². The first kappa shape index (κ1) is 13.0. The second-order valence-electron chi connectivity index (χ2n) is 5.05. The lowest BCUT2D eigenvalue weighted by atomic mass is 10.1. The van der Waals surface area contributed by atoms with Crippen molar-refractivity contribution in [3.63, 3.8) is 0 Å². The first-order chi connectivity index (χ1) is 8.65. The lowest BCUT2D eigenvalue weighted by molar-refractivity contribution is -0.117. The molecule has 0 spiro atoms. The number of aromatic amines is 1. The zero-order valence-electron chi connectivity index (χ0n) is 10.9.